The summed E-state index contributed by atoms with van der Waals surface area (Å²) in [6.07, 6.45) is -4.77. The van der Waals surface area contributed by atoms with Crippen molar-refractivity contribution in [3.8, 4) is 0 Å². The van der Waals surface area contributed by atoms with Gasteiger partial charge in [0.2, 0.25) is 0 Å². The van der Waals surface area contributed by atoms with E-state index in [1.54, 1.807) is 19.1 Å². The van der Waals surface area contributed by atoms with Gasteiger partial charge >= 0.3 is 12.1 Å². The third-order valence-electron chi connectivity index (χ3n) is 2.60. The first-order chi connectivity index (χ1) is 8.71. The average molecular weight is 276 g/mol. The molecule has 7 heteroatoms. The highest BCUT2D eigenvalue weighted by molar-refractivity contribution is 5.71. The number of alkyl halides is 3. The van der Waals surface area contributed by atoms with Crippen molar-refractivity contribution in [3.05, 3.63) is 29.3 Å². The summed E-state index contributed by atoms with van der Waals surface area (Å²) in [6.45, 7) is 2.95. The van der Waals surface area contributed by atoms with E-state index >= 15 is 0 Å². The van der Waals surface area contributed by atoms with Gasteiger partial charge in [-0.05, 0) is 25.5 Å². The van der Waals surface area contributed by atoms with Gasteiger partial charge in [-0.25, -0.2) is 5.43 Å². The molecule has 106 valence electrons. The van der Waals surface area contributed by atoms with Crippen LogP contribution in [0.1, 0.15) is 11.1 Å². The number of hydrogen-bond acceptors (Lipinski definition) is 3. The second-order valence-electron chi connectivity index (χ2n) is 4.26. The molecule has 4 nitrogen and oxygen atoms in total. The number of carboxylic acids is 1. The molecule has 19 heavy (non-hydrogen) atoms. The first-order valence-electron chi connectivity index (χ1n) is 5.57. The summed E-state index contributed by atoms with van der Waals surface area (Å²) >= 11 is 0. The molecule has 0 aliphatic rings. The average Bonchev–Trinajstić information content (AvgIpc) is 2.24. The zero-order valence-electron chi connectivity index (χ0n) is 10.5. The lowest BCUT2D eigenvalue weighted by Gasteiger charge is -2.18. The molecule has 0 spiro atoms. The Hall–Kier alpha value is -1.76. The van der Waals surface area contributed by atoms with Crippen molar-refractivity contribution >= 4 is 11.7 Å². The van der Waals surface area contributed by atoms with E-state index in [0.29, 0.717) is 5.69 Å². The normalized spacial score (nSPS) is 13.1. The molecule has 3 N–H and O–H groups in total. The third kappa shape index (κ3) is 4.44. The molecule has 0 saturated carbocycles. The lowest BCUT2D eigenvalue weighted by molar-refractivity contribution is -0.192. The zero-order valence-corrected chi connectivity index (χ0v) is 10.5. The van der Waals surface area contributed by atoms with Crippen LogP contribution in [0.4, 0.5) is 18.9 Å². The fourth-order valence-electron chi connectivity index (χ4n) is 1.55. The van der Waals surface area contributed by atoms with Gasteiger partial charge in [0.25, 0.3) is 0 Å². The second kappa shape index (κ2) is 5.92. The number of anilines is 1. The number of hydrazine groups is 1. The van der Waals surface area contributed by atoms with Crippen LogP contribution in [-0.2, 0) is 4.79 Å². The molecule has 0 aliphatic carbocycles. The Morgan fingerprint density at radius 2 is 2.00 bits per heavy atom. The maximum Gasteiger partial charge on any atom is 0.403 e. The Balaban J connectivity index is 2.60. The molecule has 1 aromatic carbocycles. The zero-order chi connectivity index (χ0) is 14.6. The van der Waals surface area contributed by atoms with Crippen LogP contribution in [0.25, 0.3) is 0 Å². The van der Waals surface area contributed by atoms with Crippen LogP contribution in [0, 0.1) is 19.8 Å². The smallest absolute Gasteiger partial charge is 0.403 e. The number of benzene rings is 1. The van der Waals surface area contributed by atoms with Crippen molar-refractivity contribution in [2.75, 3.05) is 12.0 Å². The van der Waals surface area contributed by atoms with Crippen LogP contribution >= 0.6 is 0 Å². The highest BCUT2D eigenvalue weighted by atomic mass is 19.4. The maximum atomic E-state index is 12.4. The minimum Gasteiger partial charge on any atom is -0.481 e. The van der Waals surface area contributed by atoms with Crippen molar-refractivity contribution in [2.24, 2.45) is 5.92 Å². The molecule has 0 heterocycles. The number of halogens is 3. The van der Waals surface area contributed by atoms with Gasteiger partial charge in [-0.3, -0.25) is 4.79 Å². The van der Waals surface area contributed by atoms with Gasteiger partial charge in [-0.2, -0.15) is 13.2 Å². The molecule has 0 fully saturated rings. The molecule has 1 aromatic rings. The van der Waals surface area contributed by atoms with Crippen molar-refractivity contribution < 1.29 is 23.1 Å². The van der Waals surface area contributed by atoms with Crippen LogP contribution in [-0.4, -0.2) is 23.8 Å². The minimum atomic E-state index is -4.77. The van der Waals surface area contributed by atoms with E-state index < -0.39 is 24.6 Å². The Morgan fingerprint density at radius 1 is 1.37 bits per heavy atom. The number of hydrogen-bond donors (Lipinski definition) is 3. The van der Waals surface area contributed by atoms with Crippen LogP contribution < -0.4 is 10.9 Å². The van der Waals surface area contributed by atoms with E-state index in [9.17, 15) is 18.0 Å². The summed E-state index contributed by atoms with van der Waals surface area (Å²) in [6, 6.07) is 5.37. The van der Waals surface area contributed by atoms with Crippen LogP contribution in [0.2, 0.25) is 0 Å². The number of carbonyl (C=O) groups is 1. The topological polar surface area (TPSA) is 61.4 Å². The van der Waals surface area contributed by atoms with Gasteiger partial charge < -0.3 is 10.5 Å². The van der Waals surface area contributed by atoms with Crippen molar-refractivity contribution in [2.45, 2.75) is 20.0 Å². The predicted molar refractivity (Wildman–Crippen MR) is 64.7 cm³/mol. The van der Waals surface area contributed by atoms with E-state index in [-0.39, 0.29) is 0 Å². The van der Waals surface area contributed by atoms with E-state index in [1.165, 1.54) is 0 Å². The molecule has 1 unspecified atom stereocenters. The first kappa shape index (κ1) is 15.3. The monoisotopic (exact) mass is 276 g/mol. The summed E-state index contributed by atoms with van der Waals surface area (Å²) in [5.74, 6) is -4.34. The molecule has 0 amide bonds. The number of carboxylic acid groups (broad SMARTS) is 1. The first-order valence-corrected chi connectivity index (χ1v) is 5.57. The molecule has 0 saturated heterocycles. The third-order valence-corrected chi connectivity index (χ3v) is 2.60. The summed E-state index contributed by atoms with van der Waals surface area (Å²) in [5, 5.41) is 8.51. The fourth-order valence-corrected chi connectivity index (χ4v) is 1.55. The van der Waals surface area contributed by atoms with Gasteiger partial charge in [-0.1, -0.05) is 17.7 Å². The Morgan fingerprint density at radius 3 is 2.47 bits per heavy atom. The van der Waals surface area contributed by atoms with Crippen LogP contribution in [0.15, 0.2) is 18.2 Å². The largest absolute Gasteiger partial charge is 0.481 e. The van der Waals surface area contributed by atoms with Crippen LogP contribution in [0.5, 0.6) is 0 Å². The number of aryl methyl sites for hydroxylation is 2. The minimum absolute atomic E-state index is 0.608. The van der Waals surface area contributed by atoms with Gasteiger partial charge in [-0.15, -0.1) is 0 Å². The Kier molecular flexibility index (Phi) is 4.77. The predicted octanol–water partition coefficient (Wildman–Crippen LogP) is 2.48. The summed E-state index contributed by atoms with van der Waals surface area (Å²) < 4.78 is 37.1. The van der Waals surface area contributed by atoms with E-state index in [0.717, 1.165) is 11.1 Å². The van der Waals surface area contributed by atoms with Crippen molar-refractivity contribution in [3.63, 3.8) is 0 Å². The molecule has 1 rings (SSSR count). The fraction of sp³-hybridized carbons (Fsp3) is 0.417. The van der Waals surface area contributed by atoms with Crippen molar-refractivity contribution in [1.82, 2.24) is 5.43 Å². The van der Waals surface area contributed by atoms with Gasteiger partial charge in [0, 0.05) is 6.54 Å². The highest BCUT2D eigenvalue weighted by Crippen LogP contribution is 2.26. The lowest BCUT2D eigenvalue weighted by atomic mass is 10.1. The van der Waals surface area contributed by atoms with Gasteiger partial charge in [0.05, 0.1) is 5.69 Å². The van der Waals surface area contributed by atoms with E-state index in [1.807, 2.05) is 13.0 Å². The number of aliphatic carboxylic acids is 1. The molecule has 0 radical (unpaired) electrons. The van der Waals surface area contributed by atoms with Gasteiger partial charge in [0.1, 0.15) is 0 Å². The SMILES string of the molecule is Cc1ccc(NNCC(C(=O)O)C(F)(F)F)c(C)c1. The Bertz CT molecular complexity index is 461. The molecule has 0 aliphatic heterocycles. The lowest BCUT2D eigenvalue weighted by Crippen LogP contribution is -2.41. The van der Waals surface area contributed by atoms with Crippen molar-refractivity contribution in [1.29, 1.82) is 0 Å². The summed E-state index contributed by atoms with van der Waals surface area (Å²) in [4.78, 5) is 10.5. The van der Waals surface area contributed by atoms with Gasteiger partial charge in [0.15, 0.2) is 5.92 Å². The van der Waals surface area contributed by atoms with Crippen LogP contribution in [0.3, 0.4) is 0 Å². The maximum absolute atomic E-state index is 12.4. The molecular formula is C12H15F3N2O2. The molecule has 0 bridgehead atoms. The quantitative estimate of drug-likeness (QED) is 0.723. The standard InChI is InChI=1S/C12H15F3N2O2/c1-7-3-4-10(8(2)5-7)17-16-6-9(11(18)19)12(13,14)15/h3-5,9,16-17H,6H2,1-2H3,(H,18,19). The second-order valence-corrected chi connectivity index (χ2v) is 4.26. The van der Waals surface area contributed by atoms with E-state index in [4.69, 9.17) is 5.11 Å². The molecular weight excluding hydrogens is 261 g/mol. The summed E-state index contributed by atoms with van der Waals surface area (Å²) in [7, 11) is 0. The summed E-state index contributed by atoms with van der Waals surface area (Å²) in [5.41, 5.74) is 7.37. The Labute approximate surface area is 108 Å². The number of rotatable bonds is 5. The molecule has 1 atom stereocenters. The molecule has 0 aromatic heterocycles. The van der Waals surface area contributed by atoms with E-state index in [2.05, 4.69) is 10.9 Å². The number of nitrogens with one attached hydrogen (secondary N) is 2. The highest BCUT2D eigenvalue weighted by Gasteiger charge is 2.44.